The summed E-state index contributed by atoms with van der Waals surface area (Å²) in [6.45, 7) is 4.91. The second-order valence-electron chi connectivity index (χ2n) is 4.34. The molecule has 0 saturated carbocycles. The van der Waals surface area contributed by atoms with Gasteiger partial charge in [-0.15, -0.1) is 0 Å². The molecule has 3 nitrogen and oxygen atoms in total. The Bertz CT molecular complexity index is 551. The lowest BCUT2D eigenvalue weighted by atomic mass is 10.0. The quantitative estimate of drug-likeness (QED) is 0.900. The second kappa shape index (κ2) is 6.13. The SMILES string of the molecule is CCNC(c1cc(Cl)ccc1OC)c1occc1C. The van der Waals surface area contributed by atoms with E-state index in [4.69, 9.17) is 20.8 Å². The van der Waals surface area contributed by atoms with Crippen LogP contribution in [0.15, 0.2) is 34.9 Å². The maximum atomic E-state index is 6.11. The van der Waals surface area contributed by atoms with E-state index in [1.54, 1.807) is 13.4 Å². The zero-order valence-electron chi connectivity index (χ0n) is 11.4. The van der Waals surface area contributed by atoms with Crippen molar-refractivity contribution in [1.29, 1.82) is 0 Å². The number of nitrogens with one attached hydrogen (secondary N) is 1. The van der Waals surface area contributed by atoms with Crippen molar-refractivity contribution in [2.24, 2.45) is 0 Å². The Labute approximate surface area is 118 Å². The topological polar surface area (TPSA) is 34.4 Å². The molecule has 0 aliphatic heterocycles. The first kappa shape index (κ1) is 14.0. The first-order valence-corrected chi connectivity index (χ1v) is 6.66. The van der Waals surface area contributed by atoms with Gasteiger partial charge in [-0.05, 0) is 43.3 Å². The van der Waals surface area contributed by atoms with Crippen LogP contribution >= 0.6 is 11.6 Å². The van der Waals surface area contributed by atoms with Gasteiger partial charge in [-0.25, -0.2) is 0 Å². The lowest BCUT2D eigenvalue weighted by Crippen LogP contribution is -2.22. The normalized spacial score (nSPS) is 12.4. The van der Waals surface area contributed by atoms with Crippen molar-refractivity contribution in [3.8, 4) is 5.75 Å². The van der Waals surface area contributed by atoms with Gasteiger partial charge in [-0.2, -0.15) is 0 Å². The Kier molecular flexibility index (Phi) is 4.51. The number of rotatable bonds is 5. The monoisotopic (exact) mass is 279 g/mol. The van der Waals surface area contributed by atoms with Crippen LogP contribution in [0, 0.1) is 6.92 Å². The van der Waals surface area contributed by atoms with E-state index in [-0.39, 0.29) is 6.04 Å². The Morgan fingerprint density at radius 3 is 2.74 bits per heavy atom. The smallest absolute Gasteiger partial charge is 0.128 e. The number of benzene rings is 1. The summed E-state index contributed by atoms with van der Waals surface area (Å²) in [5, 5.41) is 4.09. The van der Waals surface area contributed by atoms with Crippen LogP contribution in [0.1, 0.15) is 29.9 Å². The molecular weight excluding hydrogens is 262 g/mol. The summed E-state index contributed by atoms with van der Waals surface area (Å²) in [7, 11) is 1.66. The average Bonchev–Trinajstić information content (AvgIpc) is 2.82. The molecule has 1 atom stereocenters. The largest absolute Gasteiger partial charge is 0.496 e. The minimum Gasteiger partial charge on any atom is -0.496 e. The number of hydrogen-bond acceptors (Lipinski definition) is 3. The summed E-state index contributed by atoms with van der Waals surface area (Å²) in [5.74, 6) is 1.69. The Morgan fingerprint density at radius 1 is 1.37 bits per heavy atom. The summed E-state index contributed by atoms with van der Waals surface area (Å²) >= 11 is 6.11. The van der Waals surface area contributed by atoms with E-state index in [1.807, 2.05) is 31.2 Å². The molecule has 1 N–H and O–H groups in total. The highest BCUT2D eigenvalue weighted by Gasteiger charge is 2.22. The molecule has 0 aliphatic rings. The molecule has 19 heavy (non-hydrogen) atoms. The van der Waals surface area contributed by atoms with E-state index in [9.17, 15) is 0 Å². The molecular formula is C15H18ClNO2. The number of halogens is 1. The maximum absolute atomic E-state index is 6.11. The zero-order chi connectivity index (χ0) is 13.8. The molecule has 102 valence electrons. The molecule has 0 aliphatic carbocycles. The number of furan rings is 1. The van der Waals surface area contributed by atoms with Crippen LogP contribution in [0.25, 0.3) is 0 Å². The van der Waals surface area contributed by atoms with Gasteiger partial charge in [0, 0.05) is 10.6 Å². The maximum Gasteiger partial charge on any atom is 0.128 e. The van der Waals surface area contributed by atoms with E-state index < -0.39 is 0 Å². The lowest BCUT2D eigenvalue weighted by Gasteiger charge is -2.20. The number of methoxy groups -OCH3 is 1. The fraction of sp³-hybridized carbons (Fsp3) is 0.333. The van der Waals surface area contributed by atoms with Crippen molar-refractivity contribution in [1.82, 2.24) is 5.32 Å². The molecule has 0 bridgehead atoms. The van der Waals surface area contributed by atoms with Crippen LogP contribution in [0.2, 0.25) is 5.02 Å². The van der Waals surface area contributed by atoms with E-state index in [1.165, 1.54) is 0 Å². The number of ether oxygens (including phenoxy) is 1. The molecule has 2 rings (SSSR count). The van der Waals surface area contributed by atoms with Crippen molar-refractivity contribution in [2.75, 3.05) is 13.7 Å². The summed E-state index contributed by atoms with van der Waals surface area (Å²) in [6, 6.07) is 7.50. The third kappa shape index (κ3) is 2.94. The van der Waals surface area contributed by atoms with Gasteiger partial charge < -0.3 is 14.5 Å². The third-order valence-corrected chi connectivity index (χ3v) is 3.31. The molecule has 1 unspecified atom stereocenters. The van der Waals surface area contributed by atoms with Gasteiger partial charge in [-0.1, -0.05) is 18.5 Å². The van der Waals surface area contributed by atoms with Crippen LogP contribution in [-0.4, -0.2) is 13.7 Å². The first-order chi connectivity index (χ1) is 9.17. The van der Waals surface area contributed by atoms with Crippen LogP contribution < -0.4 is 10.1 Å². The highest BCUT2D eigenvalue weighted by molar-refractivity contribution is 6.30. The summed E-state index contributed by atoms with van der Waals surface area (Å²) in [5.41, 5.74) is 2.09. The van der Waals surface area contributed by atoms with Crippen LogP contribution in [0.5, 0.6) is 5.75 Å². The summed E-state index contributed by atoms with van der Waals surface area (Å²) < 4.78 is 11.0. The lowest BCUT2D eigenvalue weighted by molar-refractivity contribution is 0.393. The van der Waals surface area contributed by atoms with Crippen molar-refractivity contribution >= 4 is 11.6 Å². The fourth-order valence-corrected chi connectivity index (χ4v) is 2.34. The number of aryl methyl sites for hydroxylation is 1. The molecule has 4 heteroatoms. The zero-order valence-corrected chi connectivity index (χ0v) is 12.1. The van der Waals surface area contributed by atoms with Gasteiger partial charge >= 0.3 is 0 Å². The number of hydrogen-bond donors (Lipinski definition) is 1. The Balaban J connectivity index is 2.50. The molecule has 0 spiro atoms. The van der Waals surface area contributed by atoms with Crippen molar-refractivity contribution in [2.45, 2.75) is 19.9 Å². The minimum absolute atomic E-state index is 0.0614. The van der Waals surface area contributed by atoms with E-state index in [0.29, 0.717) is 5.02 Å². The standard InChI is InChI=1S/C15H18ClNO2/c1-4-17-14(15-10(2)7-8-19-15)12-9-11(16)5-6-13(12)18-3/h5-9,14,17H,4H2,1-3H3. The van der Waals surface area contributed by atoms with E-state index >= 15 is 0 Å². The summed E-state index contributed by atoms with van der Waals surface area (Å²) in [4.78, 5) is 0. The third-order valence-electron chi connectivity index (χ3n) is 3.07. The molecule has 2 aromatic rings. The predicted octanol–water partition coefficient (Wildman–Crippen LogP) is 3.95. The van der Waals surface area contributed by atoms with Crippen molar-refractivity contribution < 1.29 is 9.15 Å². The van der Waals surface area contributed by atoms with Crippen LogP contribution in [-0.2, 0) is 0 Å². The van der Waals surface area contributed by atoms with Crippen LogP contribution in [0.3, 0.4) is 0 Å². The molecule has 0 amide bonds. The fourth-order valence-electron chi connectivity index (χ4n) is 2.16. The second-order valence-corrected chi connectivity index (χ2v) is 4.78. The van der Waals surface area contributed by atoms with Gasteiger partial charge in [-0.3, -0.25) is 0 Å². The molecule has 1 heterocycles. The van der Waals surface area contributed by atoms with E-state index in [0.717, 1.165) is 29.2 Å². The van der Waals surface area contributed by atoms with Crippen LogP contribution in [0.4, 0.5) is 0 Å². The van der Waals surface area contributed by atoms with Gasteiger partial charge in [0.1, 0.15) is 11.5 Å². The molecule has 1 aromatic carbocycles. The Morgan fingerprint density at radius 2 is 2.16 bits per heavy atom. The molecule has 0 radical (unpaired) electrons. The minimum atomic E-state index is -0.0614. The van der Waals surface area contributed by atoms with Gasteiger partial charge in [0.15, 0.2) is 0 Å². The average molecular weight is 280 g/mol. The highest BCUT2D eigenvalue weighted by atomic mass is 35.5. The van der Waals surface area contributed by atoms with E-state index in [2.05, 4.69) is 12.2 Å². The van der Waals surface area contributed by atoms with Gasteiger partial charge in [0.2, 0.25) is 0 Å². The molecule has 1 aromatic heterocycles. The van der Waals surface area contributed by atoms with Crippen molar-refractivity contribution in [3.63, 3.8) is 0 Å². The van der Waals surface area contributed by atoms with Crippen molar-refractivity contribution in [3.05, 3.63) is 52.4 Å². The molecule has 0 saturated heterocycles. The Hall–Kier alpha value is -1.45. The van der Waals surface area contributed by atoms with Gasteiger partial charge in [0.05, 0.1) is 19.4 Å². The predicted molar refractivity (Wildman–Crippen MR) is 77.0 cm³/mol. The first-order valence-electron chi connectivity index (χ1n) is 6.28. The highest BCUT2D eigenvalue weighted by Crippen LogP contribution is 2.33. The van der Waals surface area contributed by atoms with Gasteiger partial charge in [0.25, 0.3) is 0 Å². The summed E-state index contributed by atoms with van der Waals surface area (Å²) in [6.07, 6.45) is 1.70. The molecule has 0 fully saturated rings.